The van der Waals surface area contributed by atoms with Crippen LogP contribution in [-0.2, 0) is 11.0 Å². The molecule has 0 radical (unpaired) electrons. The number of hydrogen-bond donors (Lipinski definition) is 0. The number of hydrogen-bond acceptors (Lipinski definition) is 3. The molecule has 1 amide bonds. The number of fused-ring (bicyclic) bond motifs is 1. The maximum Gasteiger partial charge on any atom is 0.417 e. The first kappa shape index (κ1) is 15.4. The minimum Gasteiger partial charge on any atom is -0.327 e. The van der Waals surface area contributed by atoms with E-state index in [2.05, 4.69) is 0 Å². The number of thioether (sulfide) groups is 1. The van der Waals surface area contributed by atoms with Crippen molar-refractivity contribution in [3.63, 3.8) is 0 Å². The zero-order chi connectivity index (χ0) is 15.9. The molecule has 1 aromatic rings. The Labute approximate surface area is 129 Å². The molecule has 0 N–H and O–H groups in total. The Morgan fingerprint density at radius 3 is 2.45 bits per heavy atom. The van der Waals surface area contributed by atoms with Gasteiger partial charge in [-0.2, -0.15) is 13.2 Å². The van der Waals surface area contributed by atoms with Crippen molar-refractivity contribution >= 4 is 22.8 Å². The van der Waals surface area contributed by atoms with Crippen LogP contribution in [0.2, 0.25) is 0 Å². The van der Waals surface area contributed by atoms with Crippen LogP contribution in [0, 0.1) is 0 Å². The van der Waals surface area contributed by atoms with E-state index in [0.29, 0.717) is 11.8 Å². The zero-order valence-corrected chi connectivity index (χ0v) is 12.5. The van der Waals surface area contributed by atoms with Crippen molar-refractivity contribution in [1.82, 2.24) is 4.90 Å². The standard InChI is InChI=1S/C15H14F3NO2S/c16-15(17,18)11-7-3-6-10-13(11)22-12(20)8-19(14(10)21)9-4-1-2-5-9/h3,6-7,9H,1-2,4-5,8H2. The van der Waals surface area contributed by atoms with E-state index in [4.69, 9.17) is 0 Å². The lowest BCUT2D eigenvalue weighted by atomic mass is 10.1. The highest BCUT2D eigenvalue weighted by atomic mass is 32.2. The molecule has 118 valence electrons. The molecule has 1 aliphatic carbocycles. The summed E-state index contributed by atoms with van der Waals surface area (Å²) in [6, 6.07) is 3.47. The quantitative estimate of drug-likeness (QED) is 0.788. The molecule has 0 spiro atoms. The molecule has 0 atom stereocenters. The zero-order valence-electron chi connectivity index (χ0n) is 11.7. The van der Waals surface area contributed by atoms with Gasteiger partial charge in [0.1, 0.15) is 0 Å². The lowest BCUT2D eigenvalue weighted by Crippen LogP contribution is -2.40. The highest BCUT2D eigenvalue weighted by Gasteiger charge is 2.40. The molecule has 0 saturated heterocycles. The summed E-state index contributed by atoms with van der Waals surface area (Å²) in [7, 11) is 0. The van der Waals surface area contributed by atoms with Gasteiger partial charge in [-0.25, -0.2) is 0 Å². The Kier molecular flexibility index (Phi) is 3.92. The minimum atomic E-state index is -4.58. The average Bonchev–Trinajstić information content (AvgIpc) is 2.93. The van der Waals surface area contributed by atoms with Gasteiger partial charge < -0.3 is 4.90 Å². The fourth-order valence-corrected chi connectivity index (χ4v) is 4.05. The monoisotopic (exact) mass is 329 g/mol. The van der Waals surface area contributed by atoms with E-state index in [9.17, 15) is 22.8 Å². The fraction of sp³-hybridized carbons (Fsp3) is 0.467. The Hall–Kier alpha value is -1.50. The first-order valence-corrected chi connectivity index (χ1v) is 7.91. The van der Waals surface area contributed by atoms with Crippen LogP contribution >= 0.6 is 11.8 Å². The maximum absolute atomic E-state index is 13.1. The van der Waals surface area contributed by atoms with Gasteiger partial charge in [0.05, 0.1) is 17.7 Å². The Bertz CT molecular complexity index is 624. The van der Waals surface area contributed by atoms with Gasteiger partial charge in [0, 0.05) is 10.9 Å². The van der Waals surface area contributed by atoms with Crippen molar-refractivity contribution in [3.05, 3.63) is 29.3 Å². The molecule has 1 heterocycles. The van der Waals surface area contributed by atoms with Gasteiger partial charge in [-0.1, -0.05) is 18.9 Å². The van der Waals surface area contributed by atoms with Crippen LogP contribution in [0.1, 0.15) is 41.6 Å². The number of halogens is 3. The molecule has 7 heteroatoms. The van der Waals surface area contributed by atoms with Crippen LogP contribution in [-0.4, -0.2) is 28.5 Å². The minimum absolute atomic E-state index is 0.0161. The van der Waals surface area contributed by atoms with Crippen molar-refractivity contribution in [1.29, 1.82) is 0 Å². The third kappa shape index (κ3) is 2.74. The Balaban J connectivity index is 2.07. The molecule has 3 rings (SSSR count). The highest BCUT2D eigenvalue weighted by molar-refractivity contribution is 8.13. The third-order valence-corrected chi connectivity index (χ3v) is 5.09. The SMILES string of the molecule is O=C1CN(C2CCCC2)C(=O)c2cccc(C(F)(F)F)c2S1. The highest BCUT2D eigenvalue weighted by Crippen LogP contribution is 2.41. The van der Waals surface area contributed by atoms with E-state index in [1.807, 2.05) is 0 Å². The average molecular weight is 329 g/mol. The van der Waals surface area contributed by atoms with Crippen LogP contribution in [0.4, 0.5) is 13.2 Å². The van der Waals surface area contributed by atoms with E-state index < -0.39 is 22.8 Å². The summed E-state index contributed by atoms with van der Waals surface area (Å²) in [6.45, 7) is -0.125. The molecule has 0 unspecified atom stereocenters. The van der Waals surface area contributed by atoms with Gasteiger partial charge in [-0.3, -0.25) is 9.59 Å². The van der Waals surface area contributed by atoms with E-state index in [1.54, 1.807) is 0 Å². The maximum atomic E-state index is 13.1. The van der Waals surface area contributed by atoms with E-state index in [0.717, 1.165) is 31.7 Å². The number of benzene rings is 1. The predicted octanol–water partition coefficient (Wildman–Crippen LogP) is 3.72. The second kappa shape index (κ2) is 5.61. The lowest BCUT2D eigenvalue weighted by Gasteiger charge is -2.26. The lowest BCUT2D eigenvalue weighted by molar-refractivity contribution is -0.139. The Morgan fingerprint density at radius 1 is 1.14 bits per heavy atom. The molecule has 2 aliphatic rings. The van der Waals surface area contributed by atoms with Crippen molar-refractivity contribution in [2.24, 2.45) is 0 Å². The third-order valence-electron chi connectivity index (χ3n) is 4.09. The van der Waals surface area contributed by atoms with E-state index in [-0.39, 0.29) is 23.0 Å². The van der Waals surface area contributed by atoms with E-state index in [1.165, 1.54) is 17.0 Å². The smallest absolute Gasteiger partial charge is 0.327 e. The fourth-order valence-electron chi connectivity index (χ4n) is 3.06. The summed E-state index contributed by atoms with van der Waals surface area (Å²) >= 11 is 0.531. The molecular formula is C15H14F3NO2S. The van der Waals surface area contributed by atoms with E-state index >= 15 is 0 Å². The molecule has 3 nitrogen and oxygen atoms in total. The summed E-state index contributed by atoms with van der Waals surface area (Å²) in [5.74, 6) is -0.466. The number of rotatable bonds is 1. The van der Waals surface area contributed by atoms with Crippen molar-refractivity contribution < 1.29 is 22.8 Å². The van der Waals surface area contributed by atoms with Crippen LogP contribution in [0.15, 0.2) is 23.1 Å². The normalized spacial score (nSPS) is 20.2. The second-order valence-corrected chi connectivity index (χ2v) is 6.59. The number of alkyl halides is 3. The van der Waals surface area contributed by atoms with Crippen LogP contribution in [0.25, 0.3) is 0 Å². The number of nitrogens with zero attached hydrogens (tertiary/aromatic N) is 1. The molecule has 0 aromatic heterocycles. The molecule has 1 aromatic carbocycles. The molecule has 1 saturated carbocycles. The summed E-state index contributed by atoms with van der Waals surface area (Å²) < 4.78 is 39.3. The van der Waals surface area contributed by atoms with Gasteiger partial charge in [0.2, 0.25) is 5.12 Å². The number of carbonyl (C=O) groups excluding carboxylic acids is 2. The first-order chi connectivity index (χ1) is 10.4. The van der Waals surface area contributed by atoms with Gasteiger partial charge >= 0.3 is 6.18 Å². The molecule has 22 heavy (non-hydrogen) atoms. The molecule has 1 aliphatic heterocycles. The van der Waals surface area contributed by atoms with Crippen LogP contribution in [0.5, 0.6) is 0 Å². The van der Waals surface area contributed by atoms with Gasteiger partial charge in [0.25, 0.3) is 5.91 Å². The largest absolute Gasteiger partial charge is 0.417 e. The summed E-state index contributed by atoms with van der Waals surface area (Å²) in [5, 5.41) is -0.421. The topological polar surface area (TPSA) is 37.4 Å². The van der Waals surface area contributed by atoms with Crippen LogP contribution < -0.4 is 0 Å². The summed E-state index contributed by atoms with van der Waals surface area (Å²) in [5.41, 5.74) is -0.928. The molecule has 1 fully saturated rings. The van der Waals surface area contributed by atoms with Crippen molar-refractivity contribution in [2.45, 2.75) is 42.8 Å². The van der Waals surface area contributed by atoms with Gasteiger partial charge in [0.15, 0.2) is 0 Å². The second-order valence-electron chi connectivity index (χ2n) is 5.53. The van der Waals surface area contributed by atoms with Gasteiger partial charge in [-0.15, -0.1) is 0 Å². The number of amides is 1. The summed E-state index contributed by atoms with van der Waals surface area (Å²) in [4.78, 5) is 25.9. The van der Waals surface area contributed by atoms with Crippen LogP contribution in [0.3, 0.4) is 0 Å². The molecular weight excluding hydrogens is 315 g/mol. The van der Waals surface area contributed by atoms with Gasteiger partial charge in [-0.05, 0) is 36.7 Å². The predicted molar refractivity (Wildman–Crippen MR) is 75.6 cm³/mol. The molecule has 0 bridgehead atoms. The first-order valence-electron chi connectivity index (χ1n) is 7.10. The van der Waals surface area contributed by atoms with Crippen molar-refractivity contribution in [2.75, 3.05) is 6.54 Å². The van der Waals surface area contributed by atoms with Crippen molar-refractivity contribution in [3.8, 4) is 0 Å². The Morgan fingerprint density at radius 2 is 1.82 bits per heavy atom. The summed E-state index contributed by atoms with van der Waals surface area (Å²) in [6.07, 6.45) is -1.02. The number of carbonyl (C=O) groups is 2.